The third-order valence-electron chi connectivity index (χ3n) is 23.3. The standard InChI is InChI=1S/C23H28N4O2S.C23H19N3O4S.C23H21N3O2S.C21H21NO3S.C19H19NOS/c1-16-13-18(7-8-20(16)29-2)15-25-22(28)24-14-17-9-11-27(12-10-17)23-26-19-5-3-4-6-21(19)30-23;27-21(24-12-14-8-9-18-19(10-14)30-13-29-18)22(28)25-16-5-3-4-15(11-16)23-26-17-6-1-2-7-20(17)31-23;1-15-12-16(10-11-20(15)28-2)14-24-23(27)25-18-7-5-6-17(13-18)22-26-19-8-3-4-9-21(19)29-22;23-16(9-11-21-22-17-6-1-2-7-20(17)26-21)5-3-4-15-8-10-18-19(14-15)25-13-12-24-18;1-14-6-8-15(9-7-14)10-11-16(21)12-13-19-20-17-4-2-3-5-18(17)22-19/h3-8,13,17H,9-12,14-15H2,1-2H3,(H2,24,25,28);1-11,22,25,28H,12-13H2,(H,24,27);3-13H,14H2,1-2H3,(H2,24,25,27);1-2,6-8,10,14H,3-5,9,11-13H2;2-9H,10-13H2,1H3. The molecular formula is C109H108N12O12S5. The Kier molecular flexibility index (Phi) is 33.7. The Labute approximate surface area is 821 Å². The van der Waals surface area contributed by atoms with Gasteiger partial charge in [-0.3, -0.25) is 14.4 Å². The summed E-state index contributed by atoms with van der Waals surface area (Å²) in [4.78, 5) is 86.7. The summed E-state index contributed by atoms with van der Waals surface area (Å²) in [6.07, 6.45) is 7.19. The molecule has 17 aromatic rings. The highest BCUT2D eigenvalue weighted by atomic mass is 32.1. The lowest BCUT2D eigenvalue weighted by molar-refractivity contribution is -0.128. The van der Waals surface area contributed by atoms with Crippen LogP contribution in [-0.4, -0.2) is 120 Å². The van der Waals surface area contributed by atoms with E-state index in [0.717, 1.165) is 188 Å². The molecule has 0 saturated carbocycles. The summed E-state index contributed by atoms with van der Waals surface area (Å²) in [5.41, 5.74) is 17.0. The van der Waals surface area contributed by atoms with Gasteiger partial charge >= 0.3 is 12.1 Å². The highest BCUT2D eigenvalue weighted by Gasteiger charge is 2.25. The quantitative estimate of drug-likeness (QED) is 0.0206. The number of Topliss-reactive ketones (excluding diaryl/α,β-unsaturated/α-hetero) is 2. The number of thiazole rings is 5. The molecule has 706 valence electrons. The van der Waals surface area contributed by atoms with Crippen molar-refractivity contribution in [1.82, 2.24) is 46.2 Å². The minimum absolute atomic E-state index is 0.114. The van der Waals surface area contributed by atoms with Crippen molar-refractivity contribution >= 4 is 154 Å². The van der Waals surface area contributed by atoms with Crippen molar-refractivity contribution < 1.29 is 57.5 Å². The summed E-state index contributed by atoms with van der Waals surface area (Å²) in [6, 6.07) is 87.1. The summed E-state index contributed by atoms with van der Waals surface area (Å²) >= 11 is 8.37. The number of aliphatic hydroxyl groups excluding tert-OH is 1. The fraction of sp³-hybridized carbons (Fsp3) is 0.248. The van der Waals surface area contributed by atoms with Gasteiger partial charge in [0.15, 0.2) is 28.1 Å². The van der Waals surface area contributed by atoms with E-state index >= 15 is 0 Å². The zero-order valence-electron chi connectivity index (χ0n) is 77.4. The van der Waals surface area contributed by atoms with Crippen molar-refractivity contribution in [3.05, 3.63) is 321 Å². The van der Waals surface area contributed by atoms with Gasteiger partial charge in [-0.25, -0.2) is 34.5 Å². The maximum atomic E-state index is 12.3. The molecule has 24 nitrogen and oxygen atoms in total. The van der Waals surface area contributed by atoms with E-state index in [2.05, 4.69) is 130 Å². The Morgan fingerprint density at radius 3 is 1.42 bits per heavy atom. The second-order valence-electron chi connectivity index (χ2n) is 33.5. The summed E-state index contributed by atoms with van der Waals surface area (Å²) in [6.45, 7) is 11.4. The number of carbonyl (C=O) groups excluding carboxylic acids is 5. The number of nitrogens with one attached hydrogen (secondary N) is 6. The number of rotatable bonds is 30. The van der Waals surface area contributed by atoms with Crippen LogP contribution in [0.5, 0.6) is 34.5 Å². The van der Waals surface area contributed by atoms with Gasteiger partial charge in [-0.2, -0.15) is 0 Å². The van der Waals surface area contributed by atoms with Crippen LogP contribution >= 0.6 is 56.7 Å². The first-order chi connectivity index (χ1) is 67.4. The number of methoxy groups -OCH3 is 2. The molecule has 29 heteroatoms. The van der Waals surface area contributed by atoms with Gasteiger partial charge in [-0.05, 0) is 219 Å². The number of para-hydroxylation sites is 5. The Hall–Kier alpha value is -14.2. The summed E-state index contributed by atoms with van der Waals surface area (Å²) < 4.78 is 38.2. The number of ether oxygens (including phenoxy) is 6. The zero-order chi connectivity index (χ0) is 95.5. The Morgan fingerprint density at radius 1 is 0.413 bits per heavy atom. The number of nitrogens with zero attached hydrogens (tertiary/aromatic N) is 6. The van der Waals surface area contributed by atoms with Crippen LogP contribution in [0.1, 0.15) is 99.5 Å². The molecule has 0 spiro atoms. The van der Waals surface area contributed by atoms with Crippen molar-refractivity contribution in [2.75, 3.05) is 69.4 Å². The number of hydrogen-bond acceptors (Lipinski definition) is 24. The number of ketones is 2. The Balaban J connectivity index is 0.000000125. The lowest BCUT2D eigenvalue weighted by Gasteiger charge is -2.31. The van der Waals surface area contributed by atoms with Crippen LogP contribution in [0.4, 0.5) is 26.1 Å². The van der Waals surface area contributed by atoms with E-state index in [9.17, 15) is 29.1 Å². The summed E-state index contributed by atoms with van der Waals surface area (Å²) in [7, 11) is 3.31. The van der Waals surface area contributed by atoms with Gasteiger partial charge in [0.1, 0.15) is 46.3 Å². The largest absolute Gasteiger partial charge is 0.496 e. The van der Waals surface area contributed by atoms with Gasteiger partial charge in [0.05, 0.1) is 75.3 Å². The predicted octanol–water partition coefficient (Wildman–Crippen LogP) is 23.0. The van der Waals surface area contributed by atoms with Gasteiger partial charge in [0, 0.05) is 100 Å². The fourth-order valence-corrected chi connectivity index (χ4v) is 20.7. The monoisotopic (exact) mass is 1940 g/mol. The van der Waals surface area contributed by atoms with Gasteiger partial charge in [-0.1, -0.05) is 162 Å². The van der Waals surface area contributed by atoms with Crippen molar-refractivity contribution in [1.29, 1.82) is 0 Å². The normalized spacial score (nSPS) is 12.6. The number of piperidine rings is 1. The van der Waals surface area contributed by atoms with Crippen LogP contribution in [0.3, 0.4) is 0 Å². The smallest absolute Gasteiger partial charge is 0.319 e. The van der Waals surface area contributed by atoms with E-state index in [-0.39, 0.29) is 25.4 Å². The molecule has 7 N–H and O–H groups in total. The molecule has 20 rings (SSSR count). The Morgan fingerprint density at radius 2 is 0.862 bits per heavy atom. The SMILES string of the molecule is COc1ccc(CNC(=O)NCC2CCN(c3nc4ccccc4s3)CC2)cc1C.COc1ccc(CNC(=O)Nc2cccc(-c3nc4ccccc4s3)c2)cc1C.Cc1ccc(CCC(=O)CCc2nc3ccccc3s2)cc1.O=C(CCCc1ccc2c(c1)OCCO2)CCc1nc2ccccc2s1.O=C(NCc1ccc2c(c1)OCO2)C(O)Nc1cccc(-c2nc3ccccc3s2)c1. The average molecular weight is 1940 g/mol. The third kappa shape index (κ3) is 27.4. The molecule has 0 bridgehead atoms. The number of urea groups is 2. The number of aromatic nitrogens is 5. The van der Waals surface area contributed by atoms with Gasteiger partial charge in [0.25, 0.3) is 5.91 Å². The molecule has 0 radical (unpaired) electrons. The van der Waals surface area contributed by atoms with E-state index < -0.39 is 12.1 Å². The lowest BCUT2D eigenvalue weighted by Crippen LogP contribution is -2.41. The number of aryl methyl sites for hydroxylation is 7. The van der Waals surface area contributed by atoms with Crippen LogP contribution in [0.15, 0.2) is 267 Å². The van der Waals surface area contributed by atoms with E-state index in [0.29, 0.717) is 93.2 Å². The van der Waals surface area contributed by atoms with Crippen LogP contribution in [0.25, 0.3) is 72.2 Å². The number of hydrogen-bond donors (Lipinski definition) is 7. The number of anilines is 3. The molecule has 12 aromatic carbocycles. The average Bonchev–Trinajstić information content (AvgIpc) is 1.68. The second-order valence-corrected chi connectivity index (χ2v) is 38.8. The highest BCUT2D eigenvalue weighted by molar-refractivity contribution is 7.22. The molecule has 1 atom stereocenters. The van der Waals surface area contributed by atoms with Crippen molar-refractivity contribution in [2.24, 2.45) is 5.92 Å². The molecule has 3 aliphatic rings. The van der Waals surface area contributed by atoms with Crippen LogP contribution in [0, 0.1) is 26.7 Å². The summed E-state index contributed by atoms with van der Waals surface area (Å²) in [5.74, 6) is 5.27. The third-order valence-corrected chi connectivity index (χ3v) is 28.8. The minimum Gasteiger partial charge on any atom is -0.496 e. The molecule has 138 heavy (non-hydrogen) atoms. The molecule has 5 amide bonds. The molecule has 1 unspecified atom stereocenters. The molecule has 3 aliphatic heterocycles. The van der Waals surface area contributed by atoms with Crippen molar-refractivity contribution in [3.63, 3.8) is 0 Å². The first-order valence-electron chi connectivity index (χ1n) is 46.0. The first kappa shape index (κ1) is 96.9. The minimum atomic E-state index is -1.39. The number of amides is 5. The maximum Gasteiger partial charge on any atom is 0.319 e. The highest BCUT2D eigenvalue weighted by Crippen LogP contribution is 2.38. The molecule has 8 heterocycles. The Bertz CT molecular complexity index is 6890. The van der Waals surface area contributed by atoms with E-state index in [1.807, 2.05) is 202 Å². The van der Waals surface area contributed by atoms with Gasteiger partial charge in [-0.15, -0.1) is 45.3 Å². The van der Waals surface area contributed by atoms with E-state index in [1.165, 1.54) is 30.8 Å². The predicted molar refractivity (Wildman–Crippen MR) is 556 cm³/mol. The fourth-order valence-electron chi connectivity index (χ4n) is 15.9. The first-order valence-corrected chi connectivity index (χ1v) is 50.1. The van der Waals surface area contributed by atoms with Gasteiger partial charge in [0.2, 0.25) is 13.0 Å². The van der Waals surface area contributed by atoms with Crippen molar-refractivity contribution in [3.8, 4) is 55.6 Å². The number of carbonyl (C=O) groups is 5. The number of aliphatic hydroxyl groups is 1. The van der Waals surface area contributed by atoms with E-state index in [1.54, 1.807) is 83.0 Å². The maximum absolute atomic E-state index is 12.3. The lowest BCUT2D eigenvalue weighted by atomic mass is 9.97. The molecule has 5 aromatic heterocycles. The van der Waals surface area contributed by atoms with E-state index in [4.69, 9.17) is 33.4 Å². The molecule has 1 saturated heterocycles. The number of benzene rings is 12. The van der Waals surface area contributed by atoms with Crippen LogP contribution in [0.2, 0.25) is 0 Å². The number of fused-ring (bicyclic) bond motifs is 7. The van der Waals surface area contributed by atoms with Crippen LogP contribution in [-0.2, 0) is 59.7 Å². The zero-order valence-corrected chi connectivity index (χ0v) is 81.4. The topological polar surface area (TPSA) is 301 Å². The molecular weight excluding hydrogens is 1830 g/mol. The van der Waals surface area contributed by atoms with Gasteiger partial charge < -0.3 is 70.3 Å². The second kappa shape index (κ2) is 48.0. The van der Waals surface area contributed by atoms with Crippen LogP contribution < -0.4 is 65.2 Å². The molecule has 0 aliphatic carbocycles. The summed E-state index contributed by atoms with van der Waals surface area (Å²) in [5, 5.41) is 32.6. The van der Waals surface area contributed by atoms with Crippen molar-refractivity contribution in [2.45, 2.75) is 117 Å². The molecule has 1 fully saturated rings.